The Balaban J connectivity index is -0.0000000267. The minimum absolute atomic E-state index is 0. The van der Waals surface area contributed by atoms with E-state index in [0.29, 0.717) is 0 Å². The summed E-state index contributed by atoms with van der Waals surface area (Å²) in [5.74, 6) is 0. The second kappa shape index (κ2) is 8.26. The minimum atomic E-state index is -5.64. The smallest absolute Gasteiger partial charge is 0.786 e. The van der Waals surface area contributed by atoms with E-state index in [4.69, 9.17) is 14.4 Å². The molecule has 8 heteroatoms. The number of hydrogen-bond acceptors (Lipinski definition) is 3. The van der Waals surface area contributed by atoms with Crippen molar-refractivity contribution in [1.82, 2.24) is 0 Å². The van der Waals surface area contributed by atoms with E-state index in [-0.39, 0.29) is 48.7 Å². The third-order valence-corrected chi connectivity index (χ3v) is 0. The van der Waals surface area contributed by atoms with Crippen LogP contribution in [0.5, 0.6) is 0 Å². The first-order valence-electron chi connectivity index (χ1n) is 0.717. The van der Waals surface area contributed by atoms with Gasteiger partial charge in [0.05, 0.1) is 0 Å². The second-order valence-electron chi connectivity index (χ2n) is 0.431. The third kappa shape index (κ3) is 179. The Bertz CT molecular complexity index is 58.6. The molecule has 0 radical (unpaired) electrons. The average molecular weight is 174 g/mol. The van der Waals surface area contributed by atoms with E-state index in [1.807, 2.05) is 0 Å². The normalized spacial score (nSPS) is 7.38. The van der Waals surface area contributed by atoms with E-state index in [1.54, 1.807) is 0 Å². The summed E-state index contributed by atoms with van der Waals surface area (Å²) in [5.41, 5.74) is 0. The average Bonchev–Trinajstić information content (AvgIpc) is 0.722. The summed E-state index contributed by atoms with van der Waals surface area (Å²) in [4.78, 5) is 16.9. The zero-order chi connectivity index (χ0) is 4.50. The predicted octanol–water partition coefficient (Wildman–Crippen LogP) is -3.25. The van der Waals surface area contributed by atoms with Gasteiger partial charge in [0.1, 0.15) is 7.91 Å². The SMILES string of the molecule is O.O.O=P([O-])([O-])F.[Ca+2]. The van der Waals surface area contributed by atoms with Gasteiger partial charge >= 0.3 is 37.7 Å². The molecule has 0 bridgehead atoms. The standard InChI is InChI=1S/Ca.FH2O3P.2H2O/c;1-5(2,3)4;;/h;(H2,2,3,4);2*1H2/q+2;;;/p-2. The van der Waals surface area contributed by atoms with Gasteiger partial charge in [0.15, 0.2) is 0 Å². The summed E-state index contributed by atoms with van der Waals surface area (Å²) in [6.45, 7) is 0. The van der Waals surface area contributed by atoms with E-state index in [9.17, 15) is 4.20 Å². The van der Waals surface area contributed by atoms with Gasteiger partial charge < -0.3 is 25.3 Å². The Labute approximate surface area is 74.8 Å². The Morgan fingerprint density at radius 1 is 1.25 bits per heavy atom. The Morgan fingerprint density at radius 2 is 1.25 bits per heavy atom. The van der Waals surface area contributed by atoms with Crippen molar-refractivity contribution >= 4 is 45.6 Å². The number of hydrogen-bond donors (Lipinski definition) is 0. The molecule has 0 fully saturated rings. The van der Waals surface area contributed by atoms with Crippen LogP contribution in [0.15, 0.2) is 0 Å². The molecule has 8 heavy (non-hydrogen) atoms. The van der Waals surface area contributed by atoms with Crippen LogP contribution < -0.4 is 9.79 Å². The van der Waals surface area contributed by atoms with Crippen LogP contribution in [0, 0.1) is 0 Å². The minimum Gasteiger partial charge on any atom is -0.786 e. The van der Waals surface area contributed by atoms with Crippen molar-refractivity contribution in [2.75, 3.05) is 0 Å². The van der Waals surface area contributed by atoms with Crippen molar-refractivity contribution in [3.05, 3.63) is 0 Å². The van der Waals surface area contributed by atoms with Crippen LogP contribution in [0.3, 0.4) is 0 Å². The van der Waals surface area contributed by atoms with Gasteiger partial charge in [0, 0.05) is 0 Å². The summed E-state index contributed by atoms with van der Waals surface area (Å²) in [7, 11) is -5.64. The van der Waals surface area contributed by atoms with Gasteiger partial charge in [-0.3, -0.25) is 0 Å². The van der Waals surface area contributed by atoms with Crippen molar-refractivity contribution in [2.45, 2.75) is 0 Å². The summed E-state index contributed by atoms with van der Waals surface area (Å²) < 4.78 is 18.6. The first kappa shape index (κ1) is 22.8. The molecule has 0 unspecified atom stereocenters. The largest absolute Gasteiger partial charge is 2.00 e. The topological polar surface area (TPSA) is 126 Å². The van der Waals surface area contributed by atoms with Gasteiger partial charge in [-0.05, 0) is 0 Å². The quantitative estimate of drug-likeness (QED) is 0.282. The number of halogens is 1. The molecule has 0 aromatic carbocycles. The van der Waals surface area contributed by atoms with E-state index < -0.39 is 7.91 Å². The molecular weight excluding hydrogens is 170 g/mol. The van der Waals surface area contributed by atoms with Crippen molar-refractivity contribution in [3.8, 4) is 0 Å². The first-order valence-corrected chi connectivity index (χ1v) is 2.15. The fourth-order valence-corrected chi connectivity index (χ4v) is 0. The van der Waals surface area contributed by atoms with Crippen molar-refractivity contribution in [3.63, 3.8) is 0 Å². The molecule has 0 heterocycles. The number of rotatable bonds is 0. The molecule has 0 amide bonds. The molecule has 0 aromatic heterocycles. The van der Waals surface area contributed by atoms with Gasteiger partial charge in [-0.2, -0.15) is 0 Å². The molecule has 48 valence electrons. The molecule has 0 saturated carbocycles. The summed E-state index contributed by atoms with van der Waals surface area (Å²) in [6, 6.07) is 0. The van der Waals surface area contributed by atoms with Crippen molar-refractivity contribution in [1.29, 1.82) is 0 Å². The molecule has 5 nitrogen and oxygen atoms in total. The molecule has 0 aliphatic heterocycles. The predicted molar refractivity (Wildman–Crippen MR) is 21.7 cm³/mol. The molecular formula is H4CaFO5P. The molecule has 0 atom stereocenters. The first-order chi connectivity index (χ1) is 2.00. The van der Waals surface area contributed by atoms with Gasteiger partial charge in [0.2, 0.25) is 0 Å². The molecule has 0 rings (SSSR count). The Morgan fingerprint density at radius 3 is 1.25 bits per heavy atom. The van der Waals surface area contributed by atoms with Crippen LogP contribution in [0.4, 0.5) is 4.20 Å². The van der Waals surface area contributed by atoms with Gasteiger partial charge in [0.25, 0.3) is 0 Å². The maximum atomic E-state index is 10.1. The molecule has 0 aromatic rings. The Kier molecular flexibility index (Phi) is 23.6. The van der Waals surface area contributed by atoms with Crippen LogP contribution in [-0.2, 0) is 4.57 Å². The second-order valence-corrected chi connectivity index (χ2v) is 1.29. The van der Waals surface area contributed by atoms with Crippen LogP contribution in [0.1, 0.15) is 0 Å². The molecule has 0 saturated heterocycles. The van der Waals surface area contributed by atoms with E-state index >= 15 is 0 Å². The van der Waals surface area contributed by atoms with Gasteiger partial charge in [-0.25, -0.2) is 4.20 Å². The van der Waals surface area contributed by atoms with Gasteiger partial charge in [-0.15, -0.1) is 0 Å². The maximum Gasteiger partial charge on any atom is 2.00 e. The zero-order valence-corrected chi connectivity index (χ0v) is 6.86. The fraction of sp³-hybridized carbons (Fsp3) is 0. The van der Waals surface area contributed by atoms with Crippen LogP contribution in [-0.4, -0.2) is 48.7 Å². The fourth-order valence-electron chi connectivity index (χ4n) is 0. The van der Waals surface area contributed by atoms with Crippen LogP contribution in [0.2, 0.25) is 0 Å². The molecule has 4 N–H and O–H groups in total. The monoisotopic (exact) mass is 174 g/mol. The summed E-state index contributed by atoms with van der Waals surface area (Å²) >= 11 is 0. The van der Waals surface area contributed by atoms with E-state index in [2.05, 4.69) is 0 Å². The van der Waals surface area contributed by atoms with E-state index in [1.165, 1.54) is 0 Å². The van der Waals surface area contributed by atoms with Crippen molar-refractivity contribution < 1.29 is 29.5 Å². The maximum absolute atomic E-state index is 10.1. The molecule has 0 aliphatic carbocycles. The summed E-state index contributed by atoms with van der Waals surface area (Å²) in [6.07, 6.45) is 0. The molecule has 0 spiro atoms. The summed E-state index contributed by atoms with van der Waals surface area (Å²) in [5, 5.41) is 0. The third-order valence-electron chi connectivity index (χ3n) is 0. The zero-order valence-electron chi connectivity index (χ0n) is 3.76. The van der Waals surface area contributed by atoms with Crippen molar-refractivity contribution in [2.24, 2.45) is 0 Å². The molecule has 0 aliphatic rings. The Hall–Kier alpha value is 1.26. The van der Waals surface area contributed by atoms with E-state index in [0.717, 1.165) is 0 Å². The van der Waals surface area contributed by atoms with Crippen LogP contribution in [0.25, 0.3) is 0 Å². The van der Waals surface area contributed by atoms with Gasteiger partial charge in [-0.1, -0.05) is 0 Å². The van der Waals surface area contributed by atoms with Crippen LogP contribution >= 0.6 is 7.91 Å².